The number of allylic oxidation sites excluding steroid dienone is 3. The summed E-state index contributed by atoms with van der Waals surface area (Å²) >= 11 is 0. The van der Waals surface area contributed by atoms with Crippen LogP contribution in [0.5, 0.6) is 0 Å². The van der Waals surface area contributed by atoms with E-state index in [1.807, 2.05) is 12.3 Å². The molecule has 1 amide bonds. The molecule has 3 aliphatic rings. The third kappa shape index (κ3) is 4.15. The lowest BCUT2D eigenvalue weighted by Crippen LogP contribution is -2.42. The number of aliphatic imine (C=N–C) groups is 1. The van der Waals surface area contributed by atoms with Crippen molar-refractivity contribution in [3.8, 4) is 0 Å². The Labute approximate surface area is 173 Å². The molecule has 7 nitrogen and oxygen atoms in total. The lowest BCUT2D eigenvalue weighted by molar-refractivity contribution is -0.124. The molecule has 0 radical (unpaired) electrons. The van der Waals surface area contributed by atoms with Gasteiger partial charge in [0.1, 0.15) is 5.82 Å². The van der Waals surface area contributed by atoms with Gasteiger partial charge in [0.05, 0.1) is 18.1 Å². The normalized spacial score (nSPS) is 27.0. The molecule has 0 aromatic rings. The van der Waals surface area contributed by atoms with Gasteiger partial charge in [0.25, 0.3) is 0 Å². The van der Waals surface area contributed by atoms with E-state index in [1.165, 1.54) is 5.57 Å². The van der Waals surface area contributed by atoms with Crippen molar-refractivity contribution in [2.75, 3.05) is 20.6 Å². The second kappa shape index (κ2) is 8.69. The van der Waals surface area contributed by atoms with E-state index >= 15 is 0 Å². The fraction of sp³-hybridized carbons (Fsp3) is 0.455. The van der Waals surface area contributed by atoms with E-state index < -0.39 is 0 Å². The molecule has 0 bridgehead atoms. The van der Waals surface area contributed by atoms with Gasteiger partial charge in [-0.05, 0) is 31.9 Å². The van der Waals surface area contributed by atoms with Gasteiger partial charge in [0.15, 0.2) is 0 Å². The quantitative estimate of drug-likeness (QED) is 0.482. The Kier molecular flexibility index (Phi) is 6.27. The molecule has 0 saturated heterocycles. The molecule has 29 heavy (non-hydrogen) atoms. The van der Waals surface area contributed by atoms with Crippen LogP contribution < -0.4 is 16.8 Å². The van der Waals surface area contributed by atoms with Crippen molar-refractivity contribution in [1.82, 2.24) is 15.1 Å². The lowest BCUT2D eigenvalue weighted by atomic mass is 9.94. The molecular weight excluding hydrogens is 364 g/mol. The third-order valence-electron chi connectivity index (χ3n) is 5.66. The van der Waals surface area contributed by atoms with E-state index in [-0.39, 0.29) is 24.0 Å². The van der Waals surface area contributed by atoms with Crippen LogP contribution >= 0.6 is 0 Å². The summed E-state index contributed by atoms with van der Waals surface area (Å²) in [5, 5.41) is 3.53. The average Bonchev–Trinajstić information content (AvgIpc) is 3.01. The summed E-state index contributed by atoms with van der Waals surface area (Å²) in [5.41, 5.74) is 16.4. The van der Waals surface area contributed by atoms with Crippen molar-refractivity contribution in [3.05, 3.63) is 58.7 Å². The minimum atomic E-state index is -0.0724. The number of amides is 1. The maximum absolute atomic E-state index is 12.0. The van der Waals surface area contributed by atoms with E-state index in [2.05, 4.69) is 34.4 Å². The number of likely N-dealkylation sites (N-methyl/N-ethyl adjacent to an activating group) is 1. The number of fused-ring (bicyclic) bond motifs is 1. The molecular formula is C22H32N6O. The summed E-state index contributed by atoms with van der Waals surface area (Å²) in [6.07, 6.45) is 13.4. The highest BCUT2D eigenvalue weighted by atomic mass is 16.2. The van der Waals surface area contributed by atoms with Crippen LogP contribution in [0.25, 0.3) is 0 Å². The zero-order chi connectivity index (χ0) is 21.1. The van der Waals surface area contributed by atoms with Gasteiger partial charge in [0.2, 0.25) is 5.91 Å². The fourth-order valence-electron chi connectivity index (χ4n) is 4.04. The maximum Gasteiger partial charge on any atom is 0.248 e. The van der Waals surface area contributed by atoms with Gasteiger partial charge < -0.3 is 26.6 Å². The van der Waals surface area contributed by atoms with Crippen molar-refractivity contribution in [1.29, 1.82) is 0 Å². The van der Waals surface area contributed by atoms with Crippen LogP contribution in [0, 0.1) is 0 Å². The van der Waals surface area contributed by atoms with Crippen LogP contribution in [0.15, 0.2) is 63.7 Å². The molecule has 3 rings (SSSR count). The monoisotopic (exact) mass is 396 g/mol. The Hall–Kier alpha value is -2.80. The third-order valence-corrected chi connectivity index (χ3v) is 5.66. The smallest absolute Gasteiger partial charge is 0.248 e. The molecule has 3 unspecified atom stereocenters. The van der Waals surface area contributed by atoms with Gasteiger partial charge in [0, 0.05) is 55.5 Å². The largest absolute Gasteiger partial charge is 0.398 e. The van der Waals surface area contributed by atoms with Gasteiger partial charge in [-0.15, -0.1) is 0 Å². The molecule has 0 aliphatic carbocycles. The number of hydrogen-bond donors (Lipinski definition) is 3. The first-order valence-electron chi connectivity index (χ1n) is 10.1. The van der Waals surface area contributed by atoms with Crippen molar-refractivity contribution in [2.24, 2.45) is 16.5 Å². The predicted octanol–water partition coefficient (Wildman–Crippen LogP) is 1.38. The number of dihydropyridines is 1. The number of nitrogens with zero attached hydrogens (tertiary/aromatic N) is 3. The molecule has 3 heterocycles. The highest BCUT2D eigenvalue weighted by molar-refractivity contribution is 5.92. The maximum atomic E-state index is 12.0. The van der Waals surface area contributed by atoms with Crippen molar-refractivity contribution in [2.45, 2.75) is 44.8 Å². The molecule has 0 saturated carbocycles. The standard InChI is InChI=1S/C22H32N6O/c1-5-18-20(24)19(17-8-6-7-11-25-17)21-26-12-15(13-28(18)21)16(23)10-9-14(2)22(29)27(3)4/h6-7,9-11,13,17-18,20,26H,5,8,12,23-24H2,1-4H3/b14-9+,16-10-. The topological polar surface area (TPSA) is 100.0 Å². The molecule has 156 valence electrons. The SMILES string of the molecule is CCC1C(N)C(C2CC=CC=N2)=C2NCC(/C(N)=C/C=C(\C)C(=O)N(C)C)=CN21. The van der Waals surface area contributed by atoms with Crippen LogP contribution in [0.4, 0.5) is 0 Å². The van der Waals surface area contributed by atoms with Crippen LogP contribution in [0.2, 0.25) is 0 Å². The second-order valence-corrected chi connectivity index (χ2v) is 7.87. The number of hydrogen-bond acceptors (Lipinski definition) is 6. The van der Waals surface area contributed by atoms with Crippen molar-refractivity contribution >= 4 is 12.1 Å². The number of rotatable bonds is 5. The Morgan fingerprint density at radius 3 is 2.79 bits per heavy atom. The van der Waals surface area contributed by atoms with E-state index in [1.54, 1.807) is 38.1 Å². The Bertz CT molecular complexity index is 845. The summed E-state index contributed by atoms with van der Waals surface area (Å²) in [6.45, 7) is 4.55. The van der Waals surface area contributed by atoms with Gasteiger partial charge in [-0.2, -0.15) is 0 Å². The molecule has 7 heteroatoms. The summed E-state index contributed by atoms with van der Waals surface area (Å²) < 4.78 is 0. The van der Waals surface area contributed by atoms with Crippen molar-refractivity contribution < 1.29 is 4.79 Å². The van der Waals surface area contributed by atoms with Crippen molar-refractivity contribution in [3.63, 3.8) is 0 Å². The van der Waals surface area contributed by atoms with Gasteiger partial charge in [-0.25, -0.2) is 0 Å². The van der Waals surface area contributed by atoms with Gasteiger partial charge in [-0.3, -0.25) is 9.79 Å². The first kappa shape index (κ1) is 20.9. The lowest BCUT2D eigenvalue weighted by Gasteiger charge is -2.32. The van der Waals surface area contributed by atoms with Crippen LogP contribution in [-0.2, 0) is 4.79 Å². The summed E-state index contributed by atoms with van der Waals surface area (Å²) in [7, 11) is 3.47. The molecule has 3 aliphatic heterocycles. The minimum absolute atomic E-state index is 0.0293. The molecule has 0 aromatic heterocycles. The highest BCUT2D eigenvalue weighted by Gasteiger charge is 2.41. The molecule has 0 fully saturated rings. The van der Waals surface area contributed by atoms with Crippen LogP contribution in [-0.4, -0.2) is 60.7 Å². The van der Waals surface area contributed by atoms with E-state index in [9.17, 15) is 4.79 Å². The number of carbonyl (C=O) groups is 1. The fourth-order valence-corrected chi connectivity index (χ4v) is 4.04. The van der Waals surface area contributed by atoms with Crippen LogP contribution in [0.1, 0.15) is 26.7 Å². The summed E-state index contributed by atoms with van der Waals surface area (Å²) in [4.78, 5) is 20.4. The van der Waals surface area contributed by atoms with Gasteiger partial charge in [-0.1, -0.05) is 19.1 Å². The molecule has 5 N–H and O–H groups in total. The Morgan fingerprint density at radius 1 is 1.41 bits per heavy atom. The number of nitrogens with one attached hydrogen (secondary N) is 1. The summed E-state index contributed by atoms with van der Waals surface area (Å²) in [6, 6.07) is 0.183. The average molecular weight is 397 g/mol. The Morgan fingerprint density at radius 2 is 2.17 bits per heavy atom. The first-order valence-corrected chi connectivity index (χ1v) is 10.1. The Balaban J connectivity index is 1.87. The zero-order valence-corrected chi connectivity index (χ0v) is 17.7. The number of nitrogens with two attached hydrogens (primary N) is 2. The summed E-state index contributed by atoms with van der Waals surface area (Å²) in [5.74, 6) is 1.03. The number of carbonyl (C=O) groups excluding carboxylic acids is 1. The first-order chi connectivity index (χ1) is 13.8. The second-order valence-electron chi connectivity index (χ2n) is 7.87. The molecule has 0 spiro atoms. The predicted molar refractivity (Wildman–Crippen MR) is 118 cm³/mol. The van der Waals surface area contributed by atoms with Gasteiger partial charge >= 0.3 is 0 Å². The van der Waals surface area contributed by atoms with E-state index in [4.69, 9.17) is 11.5 Å². The van der Waals surface area contributed by atoms with Crippen LogP contribution in [0.3, 0.4) is 0 Å². The minimum Gasteiger partial charge on any atom is -0.398 e. The highest BCUT2D eigenvalue weighted by Crippen LogP contribution is 2.36. The van der Waals surface area contributed by atoms with E-state index in [0.717, 1.165) is 24.2 Å². The molecule has 3 atom stereocenters. The molecule has 0 aromatic carbocycles. The zero-order valence-electron chi connectivity index (χ0n) is 17.7. The van der Waals surface area contributed by atoms with E-state index in [0.29, 0.717) is 17.8 Å².